The lowest BCUT2D eigenvalue weighted by Gasteiger charge is -2.28. The van der Waals surface area contributed by atoms with Gasteiger partial charge in [-0.05, 0) is 56.9 Å². The molecule has 1 aromatic carbocycles. The highest BCUT2D eigenvalue weighted by Crippen LogP contribution is 2.46. The maximum atomic E-state index is 14.3. The van der Waals surface area contributed by atoms with Crippen LogP contribution in [0.15, 0.2) is 42.9 Å². The fraction of sp³-hybridized carbons (Fsp3) is 0.674. The maximum absolute atomic E-state index is 14.3. The first-order valence-corrected chi connectivity index (χ1v) is 24.7. The molecule has 1 aliphatic heterocycles. The standard InChI is InChI=1S/C46H73N6O14P/c1-30(2)21-37(49-46(62)39-18-14-20-52(39)32(4)55)40(56)23-34(22-35-25-48-29-51(35)19-13-8-6-5-7-10-15-33-16-11-9-12-17-33)45(61)50-38(26-53)41(57)24-36(44(47)60)31(3)66-67(63,64)65-28-43(59)42(58)27-54/h9,11-12,16-17,25,29-31,34,36-39,42-43,53-54,58-59H,5-8,10,13-15,18-24,26-28H2,1-4H3,(H2,47,60)(H,49,62)(H,50,61)(H,63,64)/t31-,34-,36+,37+,38+,39+,42-,43-/m1/s1. The van der Waals surface area contributed by atoms with Crippen LogP contribution in [0.2, 0.25) is 0 Å². The van der Waals surface area contributed by atoms with E-state index < -0.39 is 118 Å². The van der Waals surface area contributed by atoms with Gasteiger partial charge in [0.05, 0.1) is 50.1 Å². The second-order valence-electron chi connectivity index (χ2n) is 17.9. The van der Waals surface area contributed by atoms with Crippen LogP contribution in [0.25, 0.3) is 0 Å². The summed E-state index contributed by atoms with van der Waals surface area (Å²) in [5.41, 5.74) is 7.49. The highest BCUT2D eigenvalue weighted by Gasteiger charge is 2.38. The number of hydrogen-bond acceptors (Lipinski definition) is 14. The van der Waals surface area contributed by atoms with Gasteiger partial charge >= 0.3 is 7.82 Å². The fourth-order valence-corrected chi connectivity index (χ4v) is 9.06. The molecule has 1 fully saturated rings. The molecule has 0 saturated carbocycles. The van der Waals surface area contributed by atoms with E-state index in [0.717, 1.165) is 51.9 Å². The quantitative estimate of drug-likeness (QED) is 0.0374. The summed E-state index contributed by atoms with van der Waals surface area (Å²) in [6.45, 7) is 4.53. The summed E-state index contributed by atoms with van der Waals surface area (Å²) in [6.07, 6.45) is 5.49. The number of nitrogens with two attached hydrogens (primary N) is 1. The van der Waals surface area contributed by atoms with Crippen LogP contribution < -0.4 is 16.4 Å². The number of aliphatic hydroxyl groups is 4. The van der Waals surface area contributed by atoms with Gasteiger partial charge in [0.15, 0.2) is 11.6 Å². The summed E-state index contributed by atoms with van der Waals surface area (Å²) in [6, 6.07) is 6.96. The number of nitrogens with one attached hydrogen (secondary N) is 2. The highest BCUT2D eigenvalue weighted by atomic mass is 31.2. The van der Waals surface area contributed by atoms with E-state index in [0.29, 0.717) is 31.6 Å². The molecule has 376 valence electrons. The Balaban J connectivity index is 1.77. The van der Waals surface area contributed by atoms with E-state index in [4.69, 9.17) is 15.4 Å². The van der Waals surface area contributed by atoms with Gasteiger partial charge in [0.25, 0.3) is 0 Å². The molecular weight excluding hydrogens is 892 g/mol. The number of aromatic nitrogens is 2. The number of Topliss-reactive ketones (excluding diaryl/α,β-unsaturated/α-hetero) is 2. The minimum Gasteiger partial charge on any atom is -0.394 e. The molecule has 2 aromatic rings. The third kappa shape index (κ3) is 19.6. The topological polar surface area (TPSA) is 310 Å². The van der Waals surface area contributed by atoms with Crippen LogP contribution in [-0.2, 0) is 61.8 Å². The Morgan fingerprint density at radius 2 is 1.55 bits per heavy atom. The third-order valence-corrected chi connectivity index (χ3v) is 13.1. The van der Waals surface area contributed by atoms with Crippen LogP contribution in [-0.4, -0.2) is 138 Å². The average molecular weight is 965 g/mol. The molecule has 21 heteroatoms. The van der Waals surface area contributed by atoms with E-state index in [2.05, 4.69) is 32.3 Å². The van der Waals surface area contributed by atoms with Crippen LogP contribution in [0, 0.1) is 17.8 Å². The number of ketones is 2. The van der Waals surface area contributed by atoms with Crippen molar-refractivity contribution in [3.8, 4) is 0 Å². The molecular formula is C46H73N6O14P. The first-order chi connectivity index (χ1) is 31.8. The Labute approximate surface area is 393 Å². The van der Waals surface area contributed by atoms with Crippen molar-refractivity contribution in [2.75, 3.05) is 26.4 Å². The van der Waals surface area contributed by atoms with Gasteiger partial charge in [0.1, 0.15) is 24.3 Å². The molecule has 1 aliphatic rings. The molecule has 1 aromatic heterocycles. The molecule has 9 atom stereocenters. The smallest absolute Gasteiger partial charge is 0.394 e. The van der Waals surface area contributed by atoms with Crippen LogP contribution in [0.3, 0.4) is 0 Å². The molecule has 3 rings (SSSR count). The molecule has 0 bridgehead atoms. The van der Waals surface area contributed by atoms with Crippen LogP contribution >= 0.6 is 7.82 Å². The first-order valence-electron chi connectivity index (χ1n) is 23.3. The molecule has 9 N–H and O–H groups in total. The van der Waals surface area contributed by atoms with E-state index in [9.17, 15) is 53.5 Å². The molecule has 0 aliphatic carbocycles. The Morgan fingerprint density at radius 3 is 2.18 bits per heavy atom. The number of nitrogens with zero attached hydrogens (tertiary/aromatic N) is 3. The number of hydrogen-bond donors (Lipinski definition) is 8. The lowest BCUT2D eigenvalue weighted by Crippen LogP contribution is -2.52. The Hall–Kier alpha value is -4.40. The Bertz CT molecular complexity index is 1930. The Morgan fingerprint density at radius 1 is 0.896 bits per heavy atom. The molecule has 4 amide bonds. The van der Waals surface area contributed by atoms with E-state index >= 15 is 0 Å². The van der Waals surface area contributed by atoms with E-state index in [1.54, 1.807) is 12.5 Å². The number of aryl methyl sites for hydroxylation is 2. The molecule has 1 unspecified atom stereocenters. The van der Waals surface area contributed by atoms with Crippen molar-refractivity contribution >= 4 is 43.0 Å². The van der Waals surface area contributed by atoms with Gasteiger partial charge < -0.3 is 51.2 Å². The summed E-state index contributed by atoms with van der Waals surface area (Å²) in [5.74, 6) is -6.83. The maximum Gasteiger partial charge on any atom is 0.472 e. The van der Waals surface area contributed by atoms with Crippen molar-refractivity contribution < 1.29 is 67.7 Å². The second-order valence-corrected chi connectivity index (χ2v) is 19.3. The average Bonchev–Trinajstić information content (AvgIpc) is 3.97. The molecule has 1 saturated heterocycles. The van der Waals surface area contributed by atoms with Gasteiger partial charge in [-0.1, -0.05) is 69.9 Å². The monoisotopic (exact) mass is 964 g/mol. The van der Waals surface area contributed by atoms with Crippen LogP contribution in [0.4, 0.5) is 0 Å². The van der Waals surface area contributed by atoms with Crippen LogP contribution in [0.1, 0.15) is 110 Å². The zero-order valence-corrected chi connectivity index (χ0v) is 40.1. The number of carbonyl (C=O) groups excluding carboxylic acids is 6. The Kier molecular flexibility index (Phi) is 24.5. The fourth-order valence-electron chi connectivity index (χ4n) is 8.10. The second kappa shape index (κ2) is 28.8. The number of phosphoric acid groups is 1. The zero-order valence-electron chi connectivity index (χ0n) is 39.2. The number of rotatable bonds is 33. The summed E-state index contributed by atoms with van der Waals surface area (Å²) < 4.78 is 24.2. The number of carbonyl (C=O) groups is 6. The van der Waals surface area contributed by atoms with Gasteiger partial charge in [-0.15, -0.1) is 0 Å². The number of unbranched alkanes of at least 4 members (excludes halogenated alkanes) is 5. The summed E-state index contributed by atoms with van der Waals surface area (Å²) >= 11 is 0. The largest absolute Gasteiger partial charge is 0.472 e. The summed E-state index contributed by atoms with van der Waals surface area (Å²) in [7, 11) is -5.04. The summed E-state index contributed by atoms with van der Waals surface area (Å²) in [5, 5.41) is 44.0. The predicted molar refractivity (Wildman–Crippen MR) is 245 cm³/mol. The highest BCUT2D eigenvalue weighted by molar-refractivity contribution is 7.47. The van der Waals surface area contributed by atoms with Crippen molar-refractivity contribution in [2.45, 2.75) is 154 Å². The van der Waals surface area contributed by atoms with Gasteiger partial charge in [0, 0.05) is 51.2 Å². The number of benzene rings is 1. The first kappa shape index (κ1) is 56.9. The molecule has 20 nitrogen and oxygen atoms in total. The molecule has 2 heterocycles. The number of imidazole rings is 1. The van der Waals surface area contributed by atoms with Crippen molar-refractivity contribution in [1.82, 2.24) is 25.1 Å². The molecule has 67 heavy (non-hydrogen) atoms. The molecule has 0 spiro atoms. The number of amides is 4. The number of primary amides is 1. The van der Waals surface area contributed by atoms with Crippen LogP contribution in [0.5, 0.6) is 0 Å². The predicted octanol–water partition coefficient (Wildman–Crippen LogP) is 1.90. The van der Waals surface area contributed by atoms with Crippen molar-refractivity contribution in [3.63, 3.8) is 0 Å². The summed E-state index contributed by atoms with van der Waals surface area (Å²) in [4.78, 5) is 96.4. The van der Waals surface area contributed by atoms with Crippen molar-refractivity contribution in [2.24, 2.45) is 23.5 Å². The van der Waals surface area contributed by atoms with Gasteiger partial charge in [-0.3, -0.25) is 37.8 Å². The van der Waals surface area contributed by atoms with E-state index in [-0.39, 0.29) is 24.7 Å². The van der Waals surface area contributed by atoms with Gasteiger partial charge in [0.2, 0.25) is 23.6 Å². The van der Waals surface area contributed by atoms with Crippen molar-refractivity contribution in [3.05, 3.63) is 54.1 Å². The normalized spacial score (nSPS) is 18.0. The van der Waals surface area contributed by atoms with E-state index in [1.807, 2.05) is 36.6 Å². The zero-order chi connectivity index (χ0) is 49.7. The SMILES string of the molecule is CC(=O)N1CCC[C@H]1C(=O)N[C@@H](CC(C)C)C(=O)C[C@@H](Cc1cncn1CCCCCCCCc1ccccc1)C(=O)N[C@@H](CO)C(=O)C[C@H](C(N)=O)[C@@H](C)OP(=O)(O)OC[C@@H](O)[C@H](O)CO. The van der Waals surface area contributed by atoms with Gasteiger partial charge in [-0.25, -0.2) is 9.55 Å². The lowest BCUT2D eigenvalue weighted by atomic mass is 9.89. The third-order valence-electron chi connectivity index (χ3n) is 12.0. The van der Waals surface area contributed by atoms with Gasteiger partial charge in [-0.2, -0.15) is 0 Å². The van der Waals surface area contributed by atoms with E-state index in [1.165, 1.54) is 17.4 Å². The van der Waals surface area contributed by atoms with Crippen molar-refractivity contribution in [1.29, 1.82) is 0 Å². The minimum absolute atomic E-state index is 0.0168. The number of phosphoric ester groups is 1. The molecule has 0 radical (unpaired) electrons. The number of aliphatic hydroxyl groups excluding tert-OH is 4. The lowest BCUT2D eigenvalue weighted by molar-refractivity contribution is -0.138. The minimum atomic E-state index is -5.04. The number of likely N-dealkylation sites (tertiary alicyclic amines) is 1.